The minimum atomic E-state index is 0. The zero-order chi connectivity index (χ0) is 24.0. The molecule has 0 saturated heterocycles. The fraction of sp³-hybridized carbons (Fsp3) is 0.700. The first kappa shape index (κ1) is 32.7. The van der Waals surface area contributed by atoms with E-state index < -0.39 is 0 Å². The van der Waals surface area contributed by atoms with Crippen molar-refractivity contribution in [2.24, 2.45) is 0 Å². The quantitative estimate of drug-likeness (QED) is 0.149. The number of halogens is 1. The molecule has 0 atom stereocenters. The van der Waals surface area contributed by atoms with E-state index in [1.807, 2.05) is 0 Å². The number of allylic oxidation sites excluding steroid dienone is 2. The van der Waals surface area contributed by atoms with Crippen molar-refractivity contribution < 1.29 is 21.7 Å². The number of quaternary nitrogens is 1. The van der Waals surface area contributed by atoms with Gasteiger partial charge in [0.1, 0.15) is 6.54 Å². The van der Waals surface area contributed by atoms with Crippen molar-refractivity contribution in [2.75, 3.05) is 27.2 Å². The SMILES string of the molecule is CCCCCCCC/C=C/CCCCCCCC(=O)NCCC[N+](C)(C)Cc1ccccc1.[Cl-]. The third-order valence-electron chi connectivity index (χ3n) is 6.38. The van der Waals surface area contributed by atoms with Crippen LogP contribution in [0.15, 0.2) is 42.5 Å². The highest BCUT2D eigenvalue weighted by atomic mass is 35.5. The Hall–Kier alpha value is -1.32. The van der Waals surface area contributed by atoms with Crippen LogP contribution in [0.5, 0.6) is 0 Å². The van der Waals surface area contributed by atoms with Crippen molar-refractivity contribution in [1.82, 2.24) is 5.32 Å². The van der Waals surface area contributed by atoms with Gasteiger partial charge in [0.25, 0.3) is 0 Å². The molecule has 0 aliphatic heterocycles. The summed E-state index contributed by atoms with van der Waals surface area (Å²) in [6.45, 7) is 5.17. The van der Waals surface area contributed by atoms with Gasteiger partial charge in [-0.1, -0.05) is 101 Å². The lowest BCUT2D eigenvalue weighted by Gasteiger charge is -2.30. The lowest BCUT2D eigenvalue weighted by atomic mass is 10.1. The molecule has 0 unspecified atom stereocenters. The van der Waals surface area contributed by atoms with Crippen molar-refractivity contribution in [2.45, 2.75) is 110 Å². The minimum Gasteiger partial charge on any atom is -1.00 e. The fourth-order valence-corrected chi connectivity index (χ4v) is 4.34. The number of carbonyl (C=O) groups is 1. The number of hydrogen-bond acceptors (Lipinski definition) is 1. The summed E-state index contributed by atoms with van der Waals surface area (Å²) in [6, 6.07) is 10.6. The summed E-state index contributed by atoms with van der Waals surface area (Å²) in [5.74, 6) is 0.223. The van der Waals surface area contributed by atoms with E-state index in [4.69, 9.17) is 0 Å². The number of carbonyl (C=O) groups excluding carboxylic acids is 1. The van der Waals surface area contributed by atoms with Gasteiger partial charge in [-0.05, 0) is 32.1 Å². The summed E-state index contributed by atoms with van der Waals surface area (Å²) in [6.07, 6.45) is 23.3. The molecular weight excluding hydrogens is 440 g/mol. The molecule has 1 N–H and O–H groups in total. The number of hydrogen-bond donors (Lipinski definition) is 1. The van der Waals surface area contributed by atoms with E-state index in [0.717, 1.165) is 37.0 Å². The summed E-state index contributed by atoms with van der Waals surface area (Å²) in [7, 11) is 4.53. The number of rotatable bonds is 21. The number of unbranched alkanes of at least 4 members (excludes halogenated alkanes) is 11. The lowest BCUT2D eigenvalue weighted by Crippen LogP contribution is -3.00. The predicted molar refractivity (Wildman–Crippen MR) is 144 cm³/mol. The molecule has 0 heterocycles. The van der Waals surface area contributed by atoms with Crippen LogP contribution in [0.4, 0.5) is 0 Å². The van der Waals surface area contributed by atoms with Crippen LogP contribution < -0.4 is 17.7 Å². The molecule has 3 nitrogen and oxygen atoms in total. The highest BCUT2D eigenvalue weighted by molar-refractivity contribution is 5.75. The Morgan fingerprint density at radius 1 is 0.794 bits per heavy atom. The third-order valence-corrected chi connectivity index (χ3v) is 6.38. The van der Waals surface area contributed by atoms with Gasteiger partial charge in [-0.15, -0.1) is 0 Å². The van der Waals surface area contributed by atoms with Crippen LogP contribution >= 0.6 is 0 Å². The van der Waals surface area contributed by atoms with Crippen molar-refractivity contribution >= 4 is 5.91 Å². The molecule has 0 spiro atoms. The van der Waals surface area contributed by atoms with Crippen molar-refractivity contribution in [3.63, 3.8) is 0 Å². The summed E-state index contributed by atoms with van der Waals surface area (Å²) in [4.78, 5) is 12.1. The normalized spacial score (nSPS) is 11.5. The molecule has 1 rings (SSSR count). The van der Waals surface area contributed by atoms with Gasteiger partial charge in [0.15, 0.2) is 0 Å². The first-order valence-electron chi connectivity index (χ1n) is 13.8. The van der Waals surface area contributed by atoms with E-state index in [2.05, 4.69) is 68.8 Å². The summed E-state index contributed by atoms with van der Waals surface area (Å²) in [5.41, 5.74) is 1.37. The van der Waals surface area contributed by atoms with Gasteiger partial charge < -0.3 is 22.2 Å². The topological polar surface area (TPSA) is 29.1 Å². The molecule has 0 fully saturated rings. The molecule has 0 radical (unpaired) electrons. The van der Waals surface area contributed by atoms with Crippen molar-refractivity contribution in [3.8, 4) is 0 Å². The molecule has 34 heavy (non-hydrogen) atoms. The Labute approximate surface area is 217 Å². The number of benzene rings is 1. The summed E-state index contributed by atoms with van der Waals surface area (Å²) < 4.78 is 0.952. The van der Waals surface area contributed by atoms with E-state index in [-0.39, 0.29) is 18.3 Å². The number of nitrogens with one attached hydrogen (secondary N) is 1. The van der Waals surface area contributed by atoms with E-state index in [0.29, 0.717) is 6.42 Å². The van der Waals surface area contributed by atoms with Gasteiger partial charge in [0.2, 0.25) is 5.91 Å². The van der Waals surface area contributed by atoms with Crippen LogP contribution in [0.2, 0.25) is 0 Å². The summed E-state index contributed by atoms with van der Waals surface area (Å²) in [5, 5.41) is 3.11. The minimum absolute atomic E-state index is 0. The van der Waals surface area contributed by atoms with Crippen molar-refractivity contribution in [3.05, 3.63) is 48.0 Å². The van der Waals surface area contributed by atoms with E-state index in [9.17, 15) is 4.79 Å². The smallest absolute Gasteiger partial charge is 0.219 e. The standard InChI is InChI=1S/C30H52N2O.ClH/c1-4-5-6-7-8-9-10-11-12-13-14-15-16-17-21-25-30(33)31-26-22-27-32(2,3)28-29-23-19-18-20-24-29;/h11-12,18-20,23-24H,4-10,13-17,21-22,25-28H2,1-3H3;1H/b12-11+;. The van der Waals surface area contributed by atoms with E-state index in [1.54, 1.807) is 0 Å². The molecule has 1 aromatic rings. The van der Waals surface area contributed by atoms with Crippen LogP contribution in [0.25, 0.3) is 0 Å². The predicted octanol–water partition coefficient (Wildman–Crippen LogP) is 4.81. The van der Waals surface area contributed by atoms with Crippen LogP contribution in [-0.4, -0.2) is 37.6 Å². The maximum Gasteiger partial charge on any atom is 0.219 e. The second-order valence-corrected chi connectivity index (χ2v) is 10.3. The van der Waals surface area contributed by atoms with Gasteiger partial charge in [-0.25, -0.2) is 0 Å². The largest absolute Gasteiger partial charge is 1.00 e. The second kappa shape index (κ2) is 22.2. The monoisotopic (exact) mass is 492 g/mol. The molecule has 0 aromatic heterocycles. The Balaban J connectivity index is 0.0000109. The number of amides is 1. The fourth-order valence-electron chi connectivity index (χ4n) is 4.34. The van der Waals surface area contributed by atoms with Gasteiger partial charge in [-0.3, -0.25) is 4.79 Å². The molecule has 1 aromatic carbocycles. The highest BCUT2D eigenvalue weighted by Gasteiger charge is 2.15. The number of nitrogens with zero attached hydrogens (tertiary/aromatic N) is 1. The third kappa shape index (κ3) is 20.1. The maximum atomic E-state index is 12.1. The maximum absolute atomic E-state index is 12.1. The Bertz CT molecular complexity index is 615. The van der Waals surface area contributed by atoms with Gasteiger partial charge >= 0.3 is 0 Å². The first-order chi connectivity index (χ1) is 16.0. The van der Waals surface area contributed by atoms with Crippen molar-refractivity contribution in [1.29, 1.82) is 0 Å². The zero-order valence-electron chi connectivity index (χ0n) is 22.5. The molecular formula is C30H53ClN2O. The average molecular weight is 493 g/mol. The molecule has 0 bridgehead atoms. The Morgan fingerprint density at radius 2 is 1.35 bits per heavy atom. The first-order valence-corrected chi connectivity index (χ1v) is 13.8. The van der Waals surface area contributed by atoms with Gasteiger partial charge in [0.05, 0.1) is 20.6 Å². The molecule has 0 aliphatic carbocycles. The molecule has 4 heteroatoms. The molecule has 0 saturated carbocycles. The molecule has 1 amide bonds. The highest BCUT2D eigenvalue weighted by Crippen LogP contribution is 2.11. The van der Waals surface area contributed by atoms with Crippen LogP contribution in [0, 0.1) is 0 Å². The van der Waals surface area contributed by atoms with E-state index >= 15 is 0 Å². The molecule has 196 valence electrons. The zero-order valence-corrected chi connectivity index (χ0v) is 23.3. The average Bonchev–Trinajstić information content (AvgIpc) is 2.79. The van der Waals surface area contributed by atoms with Gasteiger partial charge in [0, 0.05) is 24.9 Å². The van der Waals surface area contributed by atoms with Crippen LogP contribution in [0.1, 0.15) is 109 Å². The molecule has 0 aliphatic rings. The Kier molecular flexibility index (Phi) is 21.3. The lowest BCUT2D eigenvalue weighted by molar-refractivity contribution is -0.903. The van der Waals surface area contributed by atoms with Crippen LogP contribution in [0.3, 0.4) is 0 Å². The van der Waals surface area contributed by atoms with E-state index in [1.165, 1.54) is 82.6 Å². The summed E-state index contributed by atoms with van der Waals surface area (Å²) >= 11 is 0. The van der Waals surface area contributed by atoms with Crippen LogP contribution in [-0.2, 0) is 11.3 Å². The Morgan fingerprint density at radius 3 is 1.97 bits per heavy atom. The second-order valence-electron chi connectivity index (χ2n) is 10.3. The van der Waals surface area contributed by atoms with Gasteiger partial charge in [-0.2, -0.15) is 0 Å².